The molecule has 3 N–H and O–H groups in total. The topological polar surface area (TPSA) is 65.9 Å². The van der Waals surface area contributed by atoms with E-state index in [1.165, 1.54) is 0 Å². The Labute approximate surface area is 133 Å². The lowest BCUT2D eigenvalue weighted by Gasteiger charge is -2.22. The van der Waals surface area contributed by atoms with Crippen LogP contribution in [0.1, 0.15) is 32.8 Å². The first-order valence-corrected chi connectivity index (χ1v) is 7.98. The maximum atomic E-state index is 10.6. The molecule has 0 fully saturated rings. The van der Waals surface area contributed by atoms with Crippen LogP contribution in [0.3, 0.4) is 0 Å². The number of ether oxygens (including phenoxy) is 1. The van der Waals surface area contributed by atoms with Crippen LogP contribution in [0.15, 0.2) is 35.3 Å². The predicted octanol–water partition coefficient (Wildman–Crippen LogP) is 1.88. The van der Waals surface area contributed by atoms with Crippen LogP contribution in [-0.4, -0.2) is 43.9 Å². The minimum atomic E-state index is -0.977. The molecule has 5 nitrogen and oxygen atoms in total. The van der Waals surface area contributed by atoms with E-state index in [-0.39, 0.29) is 0 Å². The van der Waals surface area contributed by atoms with Crippen molar-refractivity contribution in [2.75, 3.05) is 32.8 Å². The molecule has 5 heteroatoms. The summed E-state index contributed by atoms with van der Waals surface area (Å²) in [7, 11) is 0. The van der Waals surface area contributed by atoms with Crippen LogP contribution in [0, 0.1) is 0 Å². The molecule has 0 saturated carbocycles. The zero-order chi connectivity index (χ0) is 16.3. The summed E-state index contributed by atoms with van der Waals surface area (Å²) in [5.74, 6) is 0.718. The Bertz CT molecular complexity index is 433. The highest BCUT2D eigenvalue weighted by molar-refractivity contribution is 5.79. The van der Waals surface area contributed by atoms with Gasteiger partial charge in [0, 0.05) is 26.3 Å². The fourth-order valence-corrected chi connectivity index (χ4v) is 1.99. The number of hydrogen-bond acceptors (Lipinski definition) is 3. The van der Waals surface area contributed by atoms with Crippen molar-refractivity contribution in [3.05, 3.63) is 35.9 Å². The van der Waals surface area contributed by atoms with Crippen molar-refractivity contribution in [3.8, 4) is 0 Å². The first-order valence-electron chi connectivity index (χ1n) is 7.98. The van der Waals surface area contributed by atoms with Gasteiger partial charge in [-0.1, -0.05) is 30.3 Å². The summed E-state index contributed by atoms with van der Waals surface area (Å²) in [6.45, 7) is 9.16. The van der Waals surface area contributed by atoms with Crippen molar-refractivity contribution in [1.82, 2.24) is 10.6 Å². The van der Waals surface area contributed by atoms with Gasteiger partial charge in [0.2, 0.25) is 0 Å². The fourth-order valence-electron chi connectivity index (χ4n) is 1.99. The van der Waals surface area contributed by atoms with E-state index in [1.807, 2.05) is 44.2 Å². The van der Waals surface area contributed by atoms with E-state index in [0.717, 1.165) is 44.2 Å². The Balaban J connectivity index is 2.53. The van der Waals surface area contributed by atoms with Crippen LogP contribution < -0.4 is 10.6 Å². The second-order valence-electron chi connectivity index (χ2n) is 5.31. The number of benzene rings is 1. The number of hydrogen-bond donors (Lipinski definition) is 3. The van der Waals surface area contributed by atoms with E-state index >= 15 is 0 Å². The van der Waals surface area contributed by atoms with Gasteiger partial charge < -0.3 is 20.5 Å². The van der Waals surface area contributed by atoms with Crippen LogP contribution in [-0.2, 0) is 10.3 Å². The molecular weight excluding hydrogens is 278 g/mol. The summed E-state index contributed by atoms with van der Waals surface area (Å²) >= 11 is 0. The van der Waals surface area contributed by atoms with Gasteiger partial charge in [-0.15, -0.1) is 0 Å². The van der Waals surface area contributed by atoms with Gasteiger partial charge in [-0.3, -0.25) is 0 Å². The summed E-state index contributed by atoms with van der Waals surface area (Å²) in [6.07, 6.45) is 0.924. The molecule has 1 aromatic carbocycles. The molecule has 1 atom stereocenters. The molecule has 0 aliphatic carbocycles. The van der Waals surface area contributed by atoms with Gasteiger partial charge in [-0.05, 0) is 32.8 Å². The first-order chi connectivity index (χ1) is 10.6. The molecule has 0 aliphatic heterocycles. The molecular formula is C17H29N3O2. The molecule has 22 heavy (non-hydrogen) atoms. The zero-order valence-electron chi connectivity index (χ0n) is 13.9. The molecule has 0 aromatic heterocycles. The van der Waals surface area contributed by atoms with Crippen molar-refractivity contribution >= 4 is 5.96 Å². The number of aliphatic hydroxyl groups is 1. The van der Waals surface area contributed by atoms with Crippen molar-refractivity contribution in [2.24, 2.45) is 4.99 Å². The van der Waals surface area contributed by atoms with Gasteiger partial charge in [-0.25, -0.2) is 4.99 Å². The van der Waals surface area contributed by atoms with Gasteiger partial charge in [0.1, 0.15) is 5.60 Å². The van der Waals surface area contributed by atoms with E-state index in [1.54, 1.807) is 6.92 Å². The van der Waals surface area contributed by atoms with E-state index in [9.17, 15) is 5.11 Å². The Kier molecular flexibility index (Phi) is 8.55. The molecule has 0 saturated heterocycles. The molecule has 0 bridgehead atoms. The number of rotatable bonds is 9. The normalized spacial score (nSPS) is 14.5. The Morgan fingerprint density at radius 2 is 1.95 bits per heavy atom. The van der Waals surface area contributed by atoms with Gasteiger partial charge in [0.05, 0.1) is 6.54 Å². The summed E-state index contributed by atoms with van der Waals surface area (Å²) in [5.41, 5.74) is -0.111. The standard InChI is InChI=1S/C17H29N3O2/c1-4-18-16(19-12-9-13-22-5-2)20-14-17(3,21)15-10-7-6-8-11-15/h6-8,10-11,21H,4-5,9,12-14H2,1-3H3,(H2,18,19,20). The second-order valence-corrected chi connectivity index (χ2v) is 5.31. The highest BCUT2D eigenvalue weighted by Crippen LogP contribution is 2.20. The van der Waals surface area contributed by atoms with Gasteiger partial charge >= 0.3 is 0 Å². The zero-order valence-corrected chi connectivity index (χ0v) is 13.9. The van der Waals surface area contributed by atoms with Crippen LogP contribution in [0.2, 0.25) is 0 Å². The van der Waals surface area contributed by atoms with Gasteiger partial charge in [0.25, 0.3) is 0 Å². The highest BCUT2D eigenvalue weighted by Gasteiger charge is 2.22. The molecule has 0 heterocycles. The third-order valence-electron chi connectivity index (χ3n) is 3.25. The van der Waals surface area contributed by atoms with Gasteiger partial charge in [0.15, 0.2) is 5.96 Å². The molecule has 1 aromatic rings. The third kappa shape index (κ3) is 6.91. The minimum absolute atomic E-state index is 0.303. The van der Waals surface area contributed by atoms with Crippen LogP contribution in [0.5, 0.6) is 0 Å². The SMILES string of the molecule is CCNC(=NCC(C)(O)c1ccccc1)NCCCOCC. The Hall–Kier alpha value is -1.59. The minimum Gasteiger partial charge on any atom is -0.384 e. The first kappa shape index (κ1) is 18.5. The van der Waals surface area contributed by atoms with Crippen molar-refractivity contribution in [1.29, 1.82) is 0 Å². The quantitative estimate of drug-likeness (QED) is 0.370. The molecule has 1 unspecified atom stereocenters. The van der Waals surface area contributed by atoms with Gasteiger partial charge in [-0.2, -0.15) is 0 Å². The van der Waals surface area contributed by atoms with Crippen molar-refractivity contribution in [3.63, 3.8) is 0 Å². The summed E-state index contributed by atoms with van der Waals surface area (Å²) < 4.78 is 5.31. The van der Waals surface area contributed by atoms with Crippen molar-refractivity contribution < 1.29 is 9.84 Å². The lowest BCUT2D eigenvalue weighted by atomic mass is 9.96. The molecule has 0 radical (unpaired) electrons. The maximum absolute atomic E-state index is 10.6. The Morgan fingerprint density at radius 3 is 2.59 bits per heavy atom. The van der Waals surface area contributed by atoms with Crippen LogP contribution in [0.4, 0.5) is 0 Å². The average Bonchev–Trinajstić information content (AvgIpc) is 2.53. The van der Waals surface area contributed by atoms with E-state index < -0.39 is 5.60 Å². The molecule has 0 aliphatic rings. The summed E-state index contributed by atoms with van der Waals surface area (Å²) in [6, 6.07) is 9.61. The van der Waals surface area contributed by atoms with E-state index in [2.05, 4.69) is 15.6 Å². The maximum Gasteiger partial charge on any atom is 0.191 e. The van der Waals surface area contributed by atoms with Crippen LogP contribution >= 0.6 is 0 Å². The second kappa shape index (κ2) is 10.2. The Morgan fingerprint density at radius 1 is 1.23 bits per heavy atom. The van der Waals surface area contributed by atoms with Crippen LogP contribution in [0.25, 0.3) is 0 Å². The molecule has 124 valence electrons. The summed E-state index contributed by atoms with van der Waals surface area (Å²) in [5, 5.41) is 17.0. The van der Waals surface area contributed by atoms with Crippen molar-refractivity contribution in [2.45, 2.75) is 32.8 Å². The molecule has 0 spiro atoms. The number of nitrogens with zero attached hydrogens (tertiary/aromatic N) is 1. The number of nitrogens with one attached hydrogen (secondary N) is 2. The van der Waals surface area contributed by atoms with E-state index in [0.29, 0.717) is 6.54 Å². The lowest BCUT2D eigenvalue weighted by Crippen LogP contribution is -2.39. The fraction of sp³-hybridized carbons (Fsp3) is 0.588. The molecule has 1 rings (SSSR count). The monoisotopic (exact) mass is 307 g/mol. The number of aliphatic imine (C=N–C) groups is 1. The lowest BCUT2D eigenvalue weighted by molar-refractivity contribution is 0.0672. The highest BCUT2D eigenvalue weighted by atomic mass is 16.5. The predicted molar refractivity (Wildman–Crippen MR) is 91.1 cm³/mol. The molecule has 0 amide bonds. The third-order valence-corrected chi connectivity index (χ3v) is 3.25. The van der Waals surface area contributed by atoms with E-state index in [4.69, 9.17) is 4.74 Å². The largest absolute Gasteiger partial charge is 0.384 e. The summed E-state index contributed by atoms with van der Waals surface area (Å²) in [4.78, 5) is 4.48. The average molecular weight is 307 g/mol. The number of guanidine groups is 1. The smallest absolute Gasteiger partial charge is 0.191 e.